The predicted octanol–water partition coefficient (Wildman–Crippen LogP) is 5.96. The van der Waals surface area contributed by atoms with Gasteiger partial charge in [0.1, 0.15) is 17.6 Å². The molecule has 2 aromatic rings. The minimum Gasteiger partial charge on any atom is -0.433 e. The van der Waals surface area contributed by atoms with Gasteiger partial charge in [0.2, 0.25) is 0 Å². The fourth-order valence-corrected chi connectivity index (χ4v) is 4.45. The van der Waals surface area contributed by atoms with Gasteiger partial charge in [-0.15, -0.1) is 0 Å². The quantitative estimate of drug-likeness (QED) is 0.421. The van der Waals surface area contributed by atoms with E-state index in [0.717, 1.165) is 31.7 Å². The highest BCUT2D eigenvalue weighted by Gasteiger charge is 2.28. The maximum atomic E-state index is 13.2. The molecule has 1 aliphatic rings. The summed E-state index contributed by atoms with van der Waals surface area (Å²) >= 11 is 0. The van der Waals surface area contributed by atoms with Gasteiger partial charge in [-0.2, -0.15) is 27.2 Å². The summed E-state index contributed by atoms with van der Waals surface area (Å²) < 4.78 is 70.1. The molecule has 1 heterocycles. The van der Waals surface area contributed by atoms with Crippen LogP contribution in [0.25, 0.3) is 5.69 Å². The van der Waals surface area contributed by atoms with E-state index in [-0.39, 0.29) is 34.9 Å². The van der Waals surface area contributed by atoms with Gasteiger partial charge in [0, 0.05) is 19.4 Å². The molecule has 1 aromatic heterocycles. The Labute approximate surface area is 206 Å². The minimum absolute atomic E-state index is 0.00715. The molecule has 0 saturated heterocycles. The number of aryl methyl sites for hydroxylation is 2. The molecule has 1 amide bonds. The second kappa shape index (κ2) is 11.7. The Hall–Kier alpha value is -3.16. The van der Waals surface area contributed by atoms with Crippen LogP contribution in [0.2, 0.25) is 0 Å². The third-order valence-corrected chi connectivity index (χ3v) is 6.45. The van der Waals surface area contributed by atoms with Crippen LogP contribution in [0.3, 0.4) is 0 Å². The Kier molecular flexibility index (Phi) is 8.93. The van der Waals surface area contributed by atoms with Crippen LogP contribution in [0.15, 0.2) is 18.2 Å². The third kappa shape index (κ3) is 6.95. The molecule has 36 heavy (non-hydrogen) atoms. The molecule has 1 N–H and O–H groups in total. The molecule has 0 radical (unpaired) electrons. The first-order chi connectivity index (χ1) is 17.0. The number of benzene rings is 1. The monoisotopic (exact) mass is 512 g/mol. The number of ether oxygens (including phenoxy) is 1. The van der Waals surface area contributed by atoms with Crippen molar-refractivity contribution in [1.29, 1.82) is 5.26 Å². The molecule has 3 rings (SSSR count). The Morgan fingerprint density at radius 2 is 1.97 bits per heavy atom. The van der Waals surface area contributed by atoms with Crippen molar-refractivity contribution in [2.45, 2.75) is 71.6 Å². The number of alkyl halides is 5. The van der Waals surface area contributed by atoms with Crippen molar-refractivity contribution in [3.63, 3.8) is 0 Å². The second-order valence-electron chi connectivity index (χ2n) is 9.16. The van der Waals surface area contributed by atoms with Crippen LogP contribution < -0.4 is 10.1 Å². The maximum Gasteiger partial charge on any atom is 0.389 e. The SMILES string of the molecule is CCc1nc(C(=O)NCC2CCC(C)CC2)c(C#N)n1-c1ccc(CCC(F)(F)F)cc1OC(F)F. The molecular formula is C25H29F5N4O2. The number of hydrogen-bond acceptors (Lipinski definition) is 4. The highest BCUT2D eigenvalue weighted by atomic mass is 19.4. The average Bonchev–Trinajstić information content (AvgIpc) is 3.20. The van der Waals surface area contributed by atoms with E-state index in [2.05, 4.69) is 22.0 Å². The van der Waals surface area contributed by atoms with E-state index < -0.39 is 37.3 Å². The highest BCUT2D eigenvalue weighted by molar-refractivity contribution is 5.94. The van der Waals surface area contributed by atoms with E-state index in [1.54, 1.807) is 6.92 Å². The smallest absolute Gasteiger partial charge is 0.389 e. The van der Waals surface area contributed by atoms with Gasteiger partial charge in [0.25, 0.3) is 5.91 Å². The lowest BCUT2D eigenvalue weighted by atomic mass is 9.83. The van der Waals surface area contributed by atoms with Crippen molar-refractivity contribution in [3.8, 4) is 17.5 Å². The molecule has 6 nitrogen and oxygen atoms in total. The zero-order valence-corrected chi connectivity index (χ0v) is 20.2. The van der Waals surface area contributed by atoms with E-state index in [1.807, 2.05) is 6.07 Å². The average molecular weight is 513 g/mol. The van der Waals surface area contributed by atoms with Crippen LogP contribution in [0, 0.1) is 23.2 Å². The molecule has 196 valence electrons. The highest BCUT2D eigenvalue weighted by Crippen LogP contribution is 2.32. The lowest BCUT2D eigenvalue weighted by Crippen LogP contribution is -2.31. The molecule has 1 aliphatic carbocycles. The first kappa shape index (κ1) is 27.4. The standard InChI is InChI=1S/C25H29F5N4O2/c1-3-21-33-22(23(35)32-14-17-6-4-15(2)5-7-17)19(13-31)34(21)18-9-8-16(10-11-25(28,29)30)12-20(18)36-24(26)27/h8-9,12,15,17,24H,3-7,10-11,14H2,1-2H3,(H,32,35). The Morgan fingerprint density at radius 3 is 2.56 bits per heavy atom. The topological polar surface area (TPSA) is 79.9 Å². The normalized spacial score (nSPS) is 18.2. The maximum absolute atomic E-state index is 13.2. The molecular weight excluding hydrogens is 483 g/mol. The van der Waals surface area contributed by atoms with Gasteiger partial charge >= 0.3 is 12.8 Å². The number of halogens is 5. The van der Waals surface area contributed by atoms with Crippen molar-refractivity contribution in [2.24, 2.45) is 11.8 Å². The molecule has 0 unspecified atom stereocenters. The lowest BCUT2D eigenvalue weighted by Gasteiger charge is -2.26. The number of nitrogens with zero attached hydrogens (tertiary/aromatic N) is 3. The summed E-state index contributed by atoms with van der Waals surface area (Å²) in [4.78, 5) is 17.2. The molecule has 1 aromatic carbocycles. The van der Waals surface area contributed by atoms with Crippen LogP contribution in [0.5, 0.6) is 5.75 Å². The lowest BCUT2D eigenvalue weighted by molar-refractivity contribution is -0.134. The molecule has 0 atom stereocenters. The number of amides is 1. The zero-order valence-electron chi connectivity index (χ0n) is 20.2. The molecule has 1 saturated carbocycles. The number of carbonyl (C=O) groups is 1. The summed E-state index contributed by atoms with van der Waals surface area (Å²) in [5.41, 5.74) is -0.165. The number of carbonyl (C=O) groups excluding carboxylic acids is 1. The summed E-state index contributed by atoms with van der Waals surface area (Å²) in [5.74, 6) is 0.298. The van der Waals surface area contributed by atoms with Gasteiger partial charge in [-0.25, -0.2) is 4.98 Å². The van der Waals surface area contributed by atoms with Crippen LogP contribution in [-0.2, 0) is 12.8 Å². The fraction of sp³-hybridized carbons (Fsp3) is 0.560. The molecule has 1 fully saturated rings. The summed E-state index contributed by atoms with van der Waals surface area (Å²) in [6, 6.07) is 5.68. The molecule has 0 aliphatic heterocycles. The number of nitrogens with one attached hydrogen (secondary N) is 1. The van der Waals surface area contributed by atoms with Gasteiger partial charge in [-0.05, 0) is 48.8 Å². The zero-order chi connectivity index (χ0) is 26.5. The molecule has 0 spiro atoms. The van der Waals surface area contributed by atoms with Gasteiger partial charge < -0.3 is 10.1 Å². The van der Waals surface area contributed by atoms with Crippen LogP contribution in [0.1, 0.15) is 73.5 Å². The first-order valence-electron chi connectivity index (χ1n) is 12.0. The number of imidazole rings is 1. The van der Waals surface area contributed by atoms with Crippen molar-refractivity contribution in [1.82, 2.24) is 14.9 Å². The predicted molar refractivity (Wildman–Crippen MR) is 122 cm³/mol. The summed E-state index contributed by atoms with van der Waals surface area (Å²) in [5, 5.41) is 12.7. The number of nitriles is 1. The van der Waals surface area contributed by atoms with Gasteiger partial charge in [0.05, 0.1) is 5.69 Å². The third-order valence-electron chi connectivity index (χ3n) is 6.45. The number of aromatic nitrogens is 2. The Balaban J connectivity index is 1.93. The van der Waals surface area contributed by atoms with Gasteiger partial charge in [0.15, 0.2) is 11.4 Å². The van der Waals surface area contributed by atoms with Crippen LogP contribution in [-0.4, -0.2) is 34.8 Å². The Bertz CT molecular complexity index is 1100. The van der Waals surface area contributed by atoms with E-state index >= 15 is 0 Å². The van der Waals surface area contributed by atoms with Crippen molar-refractivity contribution < 1.29 is 31.5 Å². The fourth-order valence-electron chi connectivity index (χ4n) is 4.45. The van der Waals surface area contributed by atoms with Gasteiger partial charge in [-0.1, -0.05) is 32.8 Å². The summed E-state index contributed by atoms with van der Waals surface area (Å²) in [7, 11) is 0. The number of rotatable bonds is 9. The van der Waals surface area contributed by atoms with Crippen molar-refractivity contribution in [3.05, 3.63) is 41.0 Å². The first-order valence-corrected chi connectivity index (χ1v) is 12.0. The summed E-state index contributed by atoms with van der Waals surface area (Å²) in [6.07, 6.45) is -1.53. The van der Waals surface area contributed by atoms with E-state index in [9.17, 15) is 32.0 Å². The number of hydrogen-bond donors (Lipinski definition) is 1. The van der Waals surface area contributed by atoms with E-state index in [1.165, 1.54) is 16.7 Å². The van der Waals surface area contributed by atoms with Crippen molar-refractivity contribution in [2.75, 3.05) is 6.54 Å². The van der Waals surface area contributed by atoms with Crippen LogP contribution >= 0.6 is 0 Å². The van der Waals surface area contributed by atoms with Crippen molar-refractivity contribution >= 4 is 5.91 Å². The van der Waals surface area contributed by atoms with E-state index in [4.69, 9.17) is 0 Å². The Morgan fingerprint density at radius 1 is 1.28 bits per heavy atom. The van der Waals surface area contributed by atoms with Crippen LogP contribution in [0.4, 0.5) is 22.0 Å². The summed E-state index contributed by atoms with van der Waals surface area (Å²) in [6.45, 7) is 1.11. The molecule has 0 bridgehead atoms. The van der Waals surface area contributed by atoms with Gasteiger partial charge in [-0.3, -0.25) is 9.36 Å². The largest absolute Gasteiger partial charge is 0.433 e. The second-order valence-corrected chi connectivity index (χ2v) is 9.16. The molecule has 11 heteroatoms. The van der Waals surface area contributed by atoms with E-state index in [0.29, 0.717) is 18.4 Å². The minimum atomic E-state index is -4.41.